The molecule has 2 amide bonds. The molecule has 1 fully saturated rings. The number of carbonyl (C=O) groups is 2. The van der Waals surface area contributed by atoms with Crippen LogP contribution in [-0.2, 0) is 25.0 Å². The van der Waals surface area contributed by atoms with E-state index < -0.39 is 27.1 Å². The molecule has 5 rings (SSSR count). The second-order valence-corrected chi connectivity index (χ2v) is 15.8. The van der Waals surface area contributed by atoms with E-state index in [0.717, 1.165) is 11.8 Å². The predicted octanol–water partition coefficient (Wildman–Crippen LogP) is 7.03. The number of likely N-dealkylation sites (tertiary alicyclic amines) is 1. The van der Waals surface area contributed by atoms with Crippen molar-refractivity contribution in [3.05, 3.63) is 87.7 Å². The minimum Gasteiger partial charge on any atom is -0.324 e. The van der Waals surface area contributed by atoms with Crippen LogP contribution in [0.3, 0.4) is 0 Å². The van der Waals surface area contributed by atoms with Gasteiger partial charge in [0, 0.05) is 60.2 Å². The molecule has 1 saturated heterocycles. The van der Waals surface area contributed by atoms with Gasteiger partial charge in [-0.1, -0.05) is 62.2 Å². The smallest absolute Gasteiger partial charge is 0.250 e. The monoisotopic (exact) mass is 659 g/mol. The molecule has 0 unspecified atom stereocenters. The highest BCUT2D eigenvalue weighted by atomic mass is 35.5. The summed E-state index contributed by atoms with van der Waals surface area (Å²) in [5.74, 6) is -1.61. The number of hydrogen-bond acceptors (Lipinski definition) is 5. The maximum Gasteiger partial charge on any atom is 0.250 e. The summed E-state index contributed by atoms with van der Waals surface area (Å²) in [7, 11) is -3.40. The van der Waals surface area contributed by atoms with Gasteiger partial charge in [0.2, 0.25) is 11.8 Å². The Morgan fingerprint density at radius 1 is 1.11 bits per heavy atom. The zero-order valence-electron chi connectivity index (χ0n) is 25.3. The summed E-state index contributed by atoms with van der Waals surface area (Å²) in [6, 6.07) is 16.2. The molecule has 7 nitrogen and oxygen atoms in total. The van der Waals surface area contributed by atoms with Gasteiger partial charge in [0.25, 0.3) is 0 Å². The number of carbonyl (C=O) groups excluding carboxylic acids is 2. The van der Waals surface area contributed by atoms with Crippen LogP contribution in [0.4, 0.5) is 15.8 Å². The third-order valence-corrected chi connectivity index (χ3v) is 10.2. The highest BCUT2D eigenvalue weighted by molar-refractivity contribution is 7.90. The zero-order valence-corrected chi connectivity index (χ0v) is 27.7. The Kier molecular flexibility index (Phi) is 8.65. The van der Waals surface area contributed by atoms with Gasteiger partial charge in [-0.05, 0) is 66.3 Å². The van der Waals surface area contributed by atoms with Gasteiger partial charge >= 0.3 is 0 Å². The molecule has 234 valence electrons. The van der Waals surface area contributed by atoms with Crippen LogP contribution in [0.15, 0.2) is 65.6 Å². The number of rotatable bonds is 7. The molecule has 1 spiro atoms. The van der Waals surface area contributed by atoms with E-state index in [-0.39, 0.29) is 33.2 Å². The summed E-state index contributed by atoms with van der Waals surface area (Å²) in [5, 5.41) is 3.49. The summed E-state index contributed by atoms with van der Waals surface area (Å²) in [5.41, 5.74) is 0.743. The molecule has 0 aromatic heterocycles. The van der Waals surface area contributed by atoms with E-state index in [4.69, 9.17) is 23.2 Å². The molecule has 0 saturated carbocycles. The largest absolute Gasteiger partial charge is 0.324 e. The van der Waals surface area contributed by atoms with Crippen LogP contribution < -0.4 is 10.2 Å². The summed E-state index contributed by atoms with van der Waals surface area (Å²) in [6.07, 6.45) is 2.04. The third-order valence-electron chi connectivity index (χ3n) is 8.54. The van der Waals surface area contributed by atoms with Crippen molar-refractivity contribution in [2.75, 3.05) is 29.6 Å². The molecule has 3 atom stereocenters. The lowest BCUT2D eigenvalue weighted by Crippen LogP contribution is -2.54. The number of nitrogens with one attached hydrogen (secondary N) is 1. The van der Waals surface area contributed by atoms with Gasteiger partial charge in [-0.3, -0.25) is 14.5 Å². The lowest BCUT2D eigenvalue weighted by molar-refractivity contribution is -0.128. The first-order valence-corrected chi connectivity index (χ1v) is 17.1. The third kappa shape index (κ3) is 5.87. The fourth-order valence-corrected chi connectivity index (χ4v) is 7.77. The Bertz CT molecular complexity index is 1730. The van der Waals surface area contributed by atoms with E-state index >= 15 is 4.39 Å². The van der Waals surface area contributed by atoms with Crippen LogP contribution in [0.25, 0.3) is 0 Å². The van der Waals surface area contributed by atoms with Gasteiger partial charge in [-0.2, -0.15) is 0 Å². The van der Waals surface area contributed by atoms with Crippen LogP contribution in [-0.4, -0.2) is 50.5 Å². The van der Waals surface area contributed by atoms with Crippen molar-refractivity contribution >= 4 is 56.2 Å². The molecule has 3 aromatic carbocycles. The van der Waals surface area contributed by atoms with E-state index in [1.807, 2.05) is 6.07 Å². The first-order chi connectivity index (χ1) is 20.5. The highest BCUT2D eigenvalue weighted by Gasteiger charge is 2.63. The molecule has 0 bridgehead atoms. The van der Waals surface area contributed by atoms with Crippen LogP contribution in [0.2, 0.25) is 10.0 Å². The maximum atomic E-state index is 15.8. The van der Waals surface area contributed by atoms with Crippen LogP contribution >= 0.6 is 23.2 Å². The van der Waals surface area contributed by atoms with Crippen molar-refractivity contribution in [1.29, 1.82) is 0 Å². The number of sulfone groups is 1. The first-order valence-electron chi connectivity index (χ1n) is 14.4. The SMILES string of the molecule is CC(=O)N(CC[C@H]1C[C@H](c2cccc(Cl)c2F)[C@]2(C(=O)Nc3cc(Cl)ccc32)N1CC(C)(C)C)c1ccc(S(C)(=O)=O)cc1. The molecule has 11 heteroatoms. The van der Waals surface area contributed by atoms with E-state index in [1.165, 1.54) is 25.1 Å². The Morgan fingerprint density at radius 2 is 1.80 bits per heavy atom. The normalized spacial score (nSPS) is 21.9. The Hall–Kier alpha value is -2.98. The van der Waals surface area contributed by atoms with Crippen molar-refractivity contribution in [1.82, 2.24) is 4.90 Å². The highest BCUT2D eigenvalue weighted by Crippen LogP contribution is 2.58. The number of benzene rings is 3. The van der Waals surface area contributed by atoms with Crippen molar-refractivity contribution in [3.8, 4) is 0 Å². The Morgan fingerprint density at radius 3 is 2.41 bits per heavy atom. The lowest BCUT2D eigenvalue weighted by Gasteiger charge is -2.43. The number of nitrogens with zero attached hydrogens (tertiary/aromatic N) is 2. The van der Waals surface area contributed by atoms with Gasteiger partial charge in [0.1, 0.15) is 11.4 Å². The van der Waals surface area contributed by atoms with Crippen molar-refractivity contribution in [3.63, 3.8) is 0 Å². The van der Waals surface area contributed by atoms with Gasteiger partial charge in [0.05, 0.1) is 9.92 Å². The molecule has 1 N–H and O–H groups in total. The van der Waals surface area contributed by atoms with E-state index in [1.54, 1.807) is 41.3 Å². The topological polar surface area (TPSA) is 86.8 Å². The molecule has 2 aliphatic rings. The standard InChI is InChI=1S/C33H36Cl2FN3O4S/c1-20(40)38(22-10-12-24(13-11-22)44(5,42)43)16-15-23-18-27(25-7-6-8-28(35)30(25)36)33(39(23)19-32(2,3)4)26-14-9-21(34)17-29(26)37-31(33)41/h6-14,17,23,27H,15-16,18-19H2,1-5H3,(H,37,41)/t23-,27+,33+/m0/s1. The Labute approximate surface area is 268 Å². The summed E-state index contributed by atoms with van der Waals surface area (Å²) >= 11 is 12.6. The second kappa shape index (κ2) is 11.7. The van der Waals surface area contributed by atoms with Crippen molar-refractivity contribution < 1.29 is 22.4 Å². The van der Waals surface area contributed by atoms with Crippen LogP contribution in [0.5, 0.6) is 0 Å². The second-order valence-electron chi connectivity index (χ2n) is 12.9. The van der Waals surface area contributed by atoms with E-state index in [0.29, 0.717) is 47.9 Å². The van der Waals surface area contributed by atoms with Crippen molar-refractivity contribution in [2.24, 2.45) is 5.41 Å². The summed E-state index contributed by atoms with van der Waals surface area (Å²) in [6.45, 7) is 8.54. The minimum absolute atomic E-state index is 0.0153. The predicted molar refractivity (Wildman–Crippen MR) is 173 cm³/mol. The Balaban J connectivity index is 1.60. The first kappa shape index (κ1) is 32.4. The molecule has 0 aliphatic carbocycles. The molecular weight excluding hydrogens is 624 g/mol. The van der Waals surface area contributed by atoms with Crippen molar-refractivity contribution in [2.45, 2.75) is 62.9 Å². The van der Waals surface area contributed by atoms with Crippen LogP contribution in [0.1, 0.15) is 57.6 Å². The minimum atomic E-state index is -3.40. The number of amides is 2. The fourth-order valence-electron chi connectivity index (χ4n) is 6.78. The van der Waals surface area contributed by atoms with Gasteiger partial charge < -0.3 is 10.2 Å². The number of halogens is 3. The number of hydrogen-bond donors (Lipinski definition) is 1. The summed E-state index contributed by atoms with van der Waals surface area (Å²) in [4.78, 5) is 31.1. The maximum absolute atomic E-state index is 15.8. The molecule has 44 heavy (non-hydrogen) atoms. The van der Waals surface area contributed by atoms with Gasteiger partial charge in [-0.15, -0.1) is 0 Å². The molecule has 2 heterocycles. The van der Waals surface area contributed by atoms with Crippen LogP contribution in [0, 0.1) is 11.2 Å². The average molecular weight is 661 g/mol. The van der Waals surface area contributed by atoms with E-state index in [9.17, 15) is 18.0 Å². The average Bonchev–Trinajstić information content (AvgIpc) is 3.38. The molecular formula is C33H36Cl2FN3O4S. The van der Waals surface area contributed by atoms with Gasteiger partial charge in [-0.25, -0.2) is 12.8 Å². The fraction of sp³-hybridized carbons (Fsp3) is 0.394. The number of fused-ring (bicyclic) bond motifs is 2. The number of anilines is 2. The summed E-state index contributed by atoms with van der Waals surface area (Å²) < 4.78 is 39.8. The quantitative estimate of drug-likeness (QED) is 0.294. The molecule has 3 aromatic rings. The van der Waals surface area contributed by atoms with E-state index in [2.05, 4.69) is 31.0 Å². The molecule has 0 radical (unpaired) electrons. The van der Waals surface area contributed by atoms with Gasteiger partial charge in [0.15, 0.2) is 9.84 Å². The zero-order chi connectivity index (χ0) is 32.2. The molecule has 2 aliphatic heterocycles. The lowest BCUT2D eigenvalue weighted by atomic mass is 9.75.